The number of hydrogen-bond donors (Lipinski definition) is 4. The number of para-hydroxylation sites is 1. The Morgan fingerprint density at radius 3 is 1.95 bits per heavy atom. The lowest BCUT2D eigenvalue weighted by molar-refractivity contribution is 0.450. The van der Waals surface area contributed by atoms with E-state index in [0.717, 1.165) is 23.8 Å². The quantitative estimate of drug-likeness (QED) is 0.232. The average molecular weight is 508 g/mol. The van der Waals surface area contributed by atoms with Crippen LogP contribution in [0.25, 0.3) is 44.6 Å². The Balaban J connectivity index is 0.000000158. The summed E-state index contributed by atoms with van der Waals surface area (Å²) in [7, 11) is 0. The van der Waals surface area contributed by atoms with Crippen molar-refractivity contribution in [2.75, 3.05) is 0 Å². The van der Waals surface area contributed by atoms with Crippen LogP contribution in [-0.4, -0.2) is 20.4 Å². The van der Waals surface area contributed by atoms with Crippen LogP contribution in [0.15, 0.2) is 115 Å². The molecule has 0 fully saturated rings. The zero-order valence-electron chi connectivity index (χ0n) is 19.7. The van der Waals surface area contributed by atoms with E-state index in [1.54, 1.807) is 6.07 Å². The van der Waals surface area contributed by atoms with Gasteiger partial charge in [0.1, 0.15) is 51.1 Å². The van der Waals surface area contributed by atoms with E-state index in [2.05, 4.69) is 0 Å². The fraction of sp³-hybridized carbons (Fsp3) is 0. The molecule has 0 radical (unpaired) electrons. The molecule has 0 aliphatic rings. The van der Waals surface area contributed by atoms with Crippen LogP contribution in [0.5, 0.6) is 23.0 Å². The van der Waals surface area contributed by atoms with E-state index in [-0.39, 0.29) is 50.7 Å². The van der Waals surface area contributed by atoms with Gasteiger partial charge in [-0.1, -0.05) is 42.5 Å². The second kappa shape index (κ2) is 9.87. The van der Waals surface area contributed by atoms with Gasteiger partial charge < -0.3 is 29.3 Å². The summed E-state index contributed by atoms with van der Waals surface area (Å²) in [6.07, 6.45) is 0. The molecule has 0 saturated carbocycles. The molecule has 6 rings (SSSR count). The Kier molecular flexibility index (Phi) is 6.28. The fourth-order valence-electron chi connectivity index (χ4n) is 3.96. The highest BCUT2D eigenvalue weighted by molar-refractivity contribution is 5.86. The third-order valence-electron chi connectivity index (χ3n) is 5.73. The molecule has 0 unspecified atom stereocenters. The van der Waals surface area contributed by atoms with Gasteiger partial charge in [-0.05, 0) is 24.3 Å². The Labute approximate surface area is 214 Å². The molecule has 0 spiro atoms. The zero-order valence-corrected chi connectivity index (χ0v) is 19.7. The molecule has 6 aromatic rings. The second-order valence-electron chi connectivity index (χ2n) is 8.35. The molecule has 2 heterocycles. The standard InChI is InChI=1S/C15H10O6.C15H10O2/c16-7-1-2-9(10(18)3-7)13-6-12(20)15-11(19)4-8(17)5-14(15)21-13;16-13-10-15(11-6-2-1-3-7-11)17-14-9-5-4-8-12(13)14/h1-6,16-19H;1-10H. The number of hydrogen-bond acceptors (Lipinski definition) is 8. The van der Waals surface area contributed by atoms with Gasteiger partial charge in [0.2, 0.25) is 0 Å². The van der Waals surface area contributed by atoms with Crippen LogP contribution in [0.1, 0.15) is 0 Å². The number of phenols is 4. The number of benzene rings is 4. The van der Waals surface area contributed by atoms with E-state index < -0.39 is 5.43 Å². The van der Waals surface area contributed by atoms with Crippen LogP contribution >= 0.6 is 0 Å². The molecular formula is C30H20O8. The predicted molar refractivity (Wildman–Crippen MR) is 142 cm³/mol. The number of phenolic OH excluding ortho intramolecular Hbond substituents is 4. The molecule has 0 aliphatic heterocycles. The molecule has 4 aromatic carbocycles. The first-order valence-corrected chi connectivity index (χ1v) is 11.4. The molecular weight excluding hydrogens is 488 g/mol. The van der Waals surface area contributed by atoms with Crippen molar-refractivity contribution in [1.29, 1.82) is 0 Å². The monoisotopic (exact) mass is 508 g/mol. The number of rotatable bonds is 2. The minimum Gasteiger partial charge on any atom is -0.508 e. The van der Waals surface area contributed by atoms with Crippen molar-refractivity contribution in [2.24, 2.45) is 0 Å². The maximum atomic E-state index is 12.1. The molecule has 0 aliphatic carbocycles. The summed E-state index contributed by atoms with van der Waals surface area (Å²) in [4.78, 5) is 24.0. The largest absolute Gasteiger partial charge is 0.508 e. The van der Waals surface area contributed by atoms with E-state index in [9.17, 15) is 30.0 Å². The SMILES string of the molecule is O=c1cc(-c2ccc(O)cc2O)oc2cc(O)cc(O)c12.O=c1cc(-c2ccccc2)oc2ccccc12. The third kappa shape index (κ3) is 4.78. The Morgan fingerprint density at radius 2 is 1.18 bits per heavy atom. The summed E-state index contributed by atoms with van der Waals surface area (Å²) in [6, 6.07) is 25.6. The second-order valence-corrected chi connectivity index (χ2v) is 8.35. The van der Waals surface area contributed by atoms with Crippen LogP contribution in [-0.2, 0) is 0 Å². The van der Waals surface area contributed by atoms with Crippen molar-refractivity contribution in [2.45, 2.75) is 0 Å². The number of aromatic hydroxyl groups is 4. The Hall–Kier alpha value is -5.50. The van der Waals surface area contributed by atoms with Gasteiger partial charge >= 0.3 is 0 Å². The van der Waals surface area contributed by atoms with E-state index in [0.29, 0.717) is 16.7 Å². The molecule has 0 amide bonds. The lowest BCUT2D eigenvalue weighted by Crippen LogP contribution is -2.00. The summed E-state index contributed by atoms with van der Waals surface area (Å²) in [5, 5.41) is 38.8. The molecule has 188 valence electrons. The van der Waals surface area contributed by atoms with Crippen LogP contribution in [0.2, 0.25) is 0 Å². The molecule has 0 atom stereocenters. The van der Waals surface area contributed by atoms with Gasteiger partial charge in [-0.2, -0.15) is 0 Å². The normalized spacial score (nSPS) is 10.7. The molecule has 2 aromatic heterocycles. The van der Waals surface area contributed by atoms with Crippen molar-refractivity contribution < 1.29 is 29.3 Å². The van der Waals surface area contributed by atoms with Gasteiger partial charge in [-0.3, -0.25) is 9.59 Å². The predicted octanol–water partition coefficient (Wildman–Crippen LogP) is 5.74. The van der Waals surface area contributed by atoms with Crippen LogP contribution in [0.4, 0.5) is 0 Å². The highest BCUT2D eigenvalue weighted by Crippen LogP contribution is 2.35. The van der Waals surface area contributed by atoms with E-state index in [1.807, 2.05) is 48.5 Å². The minimum absolute atomic E-state index is 0.00861. The van der Waals surface area contributed by atoms with Crippen LogP contribution in [0, 0.1) is 0 Å². The van der Waals surface area contributed by atoms with Crippen molar-refractivity contribution in [1.82, 2.24) is 0 Å². The summed E-state index contributed by atoms with van der Waals surface area (Å²) in [6.45, 7) is 0. The first-order valence-electron chi connectivity index (χ1n) is 11.4. The maximum absolute atomic E-state index is 12.1. The van der Waals surface area contributed by atoms with Gasteiger partial charge in [0.25, 0.3) is 0 Å². The summed E-state index contributed by atoms with van der Waals surface area (Å²) >= 11 is 0. The summed E-state index contributed by atoms with van der Waals surface area (Å²) in [5.41, 5.74) is 1.20. The lowest BCUT2D eigenvalue weighted by atomic mass is 10.1. The van der Waals surface area contributed by atoms with Crippen molar-refractivity contribution in [3.8, 4) is 45.6 Å². The lowest BCUT2D eigenvalue weighted by Gasteiger charge is -2.07. The van der Waals surface area contributed by atoms with Gasteiger partial charge in [-0.15, -0.1) is 0 Å². The van der Waals surface area contributed by atoms with Crippen molar-refractivity contribution in [3.05, 3.63) is 118 Å². The van der Waals surface area contributed by atoms with E-state index in [4.69, 9.17) is 8.83 Å². The van der Waals surface area contributed by atoms with Crippen LogP contribution < -0.4 is 10.9 Å². The van der Waals surface area contributed by atoms with Crippen molar-refractivity contribution >= 4 is 21.9 Å². The summed E-state index contributed by atoms with van der Waals surface area (Å²) < 4.78 is 11.2. The minimum atomic E-state index is -0.517. The van der Waals surface area contributed by atoms with Gasteiger partial charge in [-0.25, -0.2) is 0 Å². The Morgan fingerprint density at radius 1 is 0.526 bits per heavy atom. The van der Waals surface area contributed by atoms with E-state index >= 15 is 0 Å². The number of fused-ring (bicyclic) bond motifs is 2. The molecule has 8 heteroatoms. The van der Waals surface area contributed by atoms with E-state index in [1.165, 1.54) is 24.3 Å². The first-order chi connectivity index (χ1) is 18.3. The smallest absolute Gasteiger partial charge is 0.197 e. The highest BCUT2D eigenvalue weighted by atomic mass is 16.3. The van der Waals surface area contributed by atoms with Crippen LogP contribution in [0.3, 0.4) is 0 Å². The zero-order chi connectivity index (χ0) is 26.8. The molecule has 38 heavy (non-hydrogen) atoms. The topological polar surface area (TPSA) is 141 Å². The molecule has 4 N–H and O–H groups in total. The van der Waals surface area contributed by atoms with Gasteiger partial charge in [0.05, 0.1) is 10.9 Å². The highest BCUT2D eigenvalue weighted by Gasteiger charge is 2.14. The van der Waals surface area contributed by atoms with Gasteiger partial charge in [0.15, 0.2) is 10.9 Å². The van der Waals surface area contributed by atoms with Gasteiger partial charge in [0, 0.05) is 35.9 Å². The first kappa shape index (κ1) is 24.2. The molecule has 0 bridgehead atoms. The third-order valence-corrected chi connectivity index (χ3v) is 5.73. The maximum Gasteiger partial charge on any atom is 0.197 e. The van der Waals surface area contributed by atoms with Crippen molar-refractivity contribution in [3.63, 3.8) is 0 Å². The Bertz CT molecular complexity index is 1900. The molecule has 8 nitrogen and oxygen atoms in total. The fourth-order valence-corrected chi connectivity index (χ4v) is 3.96. The summed E-state index contributed by atoms with van der Waals surface area (Å²) in [5.74, 6) is -0.378. The average Bonchev–Trinajstić information content (AvgIpc) is 2.89. The molecule has 0 saturated heterocycles.